The maximum Gasteiger partial charge on any atom is 0.265 e. The van der Waals surface area contributed by atoms with Crippen LogP contribution in [0.2, 0.25) is 0 Å². The van der Waals surface area contributed by atoms with E-state index in [1.165, 1.54) is 0 Å². The van der Waals surface area contributed by atoms with E-state index in [2.05, 4.69) is 10.7 Å². The molecule has 5 nitrogen and oxygen atoms in total. The number of amides is 2. The molecule has 1 aromatic heterocycles. The fourth-order valence-electron chi connectivity index (χ4n) is 2.82. The van der Waals surface area contributed by atoms with E-state index in [1.807, 2.05) is 40.7 Å². The molecule has 0 spiro atoms. The van der Waals surface area contributed by atoms with Gasteiger partial charge in [0.25, 0.3) is 5.91 Å². The van der Waals surface area contributed by atoms with Gasteiger partial charge in [-0.3, -0.25) is 15.0 Å². The van der Waals surface area contributed by atoms with Gasteiger partial charge in [-0.25, -0.2) is 5.01 Å². The predicted molar refractivity (Wildman–Crippen MR) is 94.4 cm³/mol. The summed E-state index contributed by atoms with van der Waals surface area (Å²) in [6.07, 6.45) is 1.75. The van der Waals surface area contributed by atoms with Crippen molar-refractivity contribution < 1.29 is 9.59 Å². The third kappa shape index (κ3) is 4.43. The van der Waals surface area contributed by atoms with Gasteiger partial charge < -0.3 is 5.32 Å². The lowest BCUT2D eigenvalue weighted by atomic mass is 9.98. The molecule has 2 amide bonds. The Kier molecular flexibility index (Phi) is 5.61. The number of piperidine rings is 1. The van der Waals surface area contributed by atoms with Gasteiger partial charge in [-0.2, -0.15) is 0 Å². The summed E-state index contributed by atoms with van der Waals surface area (Å²) in [6.45, 7) is 1.89. The molecule has 0 bridgehead atoms. The van der Waals surface area contributed by atoms with Crippen LogP contribution in [-0.4, -0.2) is 29.9 Å². The molecule has 2 heterocycles. The first-order chi connectivity index (χ1) is 11.7. The number of nitrogens with one attached hydrogen (secondary N) is 2. The van der Waals surface area contributed by atoms with E-state index in [4.69, 9.17) is 0 Å². The molecule has 6 heteroatoms. The number of hydrogen-bond donors (Lipinski definition) is 2. The minimum Gasteiger partial charge on any atom is -0.351 e. The van der Waals surface area contributed by atoms with Crippen LogP contribution >= 0.6 is 11.3 Å². The van der Waals surface area contributed by atoms with Crippen LogP contribution in [0.25, 0.3) is 0 Å². The second kappa shape index (κ2) is 8.08. The minimum absolute atomic E-state index is 0.0575. The first-order valence-electron chi connectivity index (χ1n) is 8.13. The van der Waals surface area contributed by atoms with Gasteiger partial charge in [0.1, 0.15) is 0 Å². The molecule has 0 aliphatic carbocycles. The number of hydrazine groups is 1. The molecule has 1 aliphatic heterocycles. The molecule has 1 atom stereocenters. The van der Waals surface area contributed by atoms with E-state index < -0.39 is 0 Å². The number of thiophene rings is 1. The molecule has 24 heavy (non-hydrogen) atoms. The monoisotopic (exact) mass is 343 g/mol. The average Bonchev–Trinajstić information content (AvgIpc) is 3.14. The molecular formula is C18H21N3O2S. The van der Waals surface area contributed by atoms with Crippen molar-refractivity contribution in [1.82, 2.24) is 15.8 Å². The Morgan fingerprint density at radius 1 is 1.17 bits per heavy atom. The number of nitrogens with zero attached hydrogens (tertiary/aromatic N) is 1. The number of carbonyl (C=O) groups excluding carboxylic acids is 2. The Morgan fingerprint density at radius 3 is 2.75 bits per heavy atom. The quantitative estimate of drug-likeness (QED) is 0.876. The van der Waals surface area contributed by atoms with E-state index >= 15 is 0 Å². The molecule has 1 aliphatic rings. The number of benzene rings is 1. The Labute approximate surface area is 145 Å². The smallest absolute Gasteiger partial charge is 0.265 e. The summed E-state index contributed by atoms with van der Waals surface area (Å²) in [5, 5.41) is 6.85. The third-order valence-corrected chi connectivity index (χ3v) is 4.98. The third-order valence-electron chi connectivity index (χ3n) is 4.10. The SMILES string of the molecule is O=C(NN1CCCC(C(=O)NCc2cccs2)C1)c1ccccc1. The Morgan fingerprint density at radius 2 is 2.00 bits per heavy atom. The highest BCUT2D eigenvalue weighted by atomic mass is 32.1. The molecule has 2 aromatic rings. The van der Waals surface area contributed by atoms with Crippen molar-refractivity contribution in [3.8, 4) is 0 Å². The van der Waals surface area contributed by atoms with Crippen molar-refractivity contribution in [3.63, 3.8) is 0 Å². The normalized spacial score (nSPS) is 18.1. The molecule has 3 rings (SSSR count). The lowest BCUT2D eigenvalue weighted by Gasteiger charge is -2.32. The fraction of sp³-hybridized carbons (Fsp3) is 0.333. The van der Waals surface area contributed by atoms with Crippen LogP contribution in [0.5, 0.6) is 0 Å². The summed E-state index contributed by atoms with van der Waals surface area (Å²) >= 11 is 1.64. The first-order valence-corrected chi connectivity index (χ1v) is 9.01. The van der Waals surface area contributed by atoms with Crippen LogP contribution in [0.3, 0.4) is 0 Å². The van der Waals surface area contributed by atoms with E-state index in [0.717, 1.165) is 24.3 Å². The van der Waals surface area contributed by atoms with E-state index in [-0.39, 0.29) is 17.7 Å². The van der Waals surface area contributed by atoms with E-state index in [1.54, 1.807) is 23.5 Å². The zero-order valence-electron chi connectivity index (χ0n) is 13.4. The van der Waals surface area contributed by atoms with Gasteiger partial charge in [0, 0.05) is 23.5 Å². The van der Waals surface area contributed by atoms with Crippen LogP contribution < -0.4 is 10.7 Å². The Hall–Kier alpha value is -2.18. The van der Waals surface area contributed by atoms with Gasteiger partial charge in [0.2, 0.25) is 5.91 Å². The topological polar surface area (TPSA) is 61.4 Å². The maximum atomic E-state index is 12.3. The predicted octanol–water partition coefficient (Wildman–Crippen LogP) is 2.42. The van der Waals surface area contributed by atoms with Gasteiger partial charge >= 0.3 is 0 Å². The van der Waals surface area contributed by atoms with Crippen LogP contribution in [-0.2, 0) is 11.3 Å². The number of hydrogen-bond acceptors (Lipinski definition) is 4. The fourth-order valence-corrected chi connectivity index (χ4v) is 3.47. The largest absolute Gasteiger partial charge is 0.351 e. The van der Waals surface area contributed by atoms with Crippen molar-refractivity contribution in [3.05, 3.63) is 58.3 Å². The number of carbonyl (C=O) groups is 2. The maximum absolute atomic E-state index is 12.3. The molecule has 1 unspecified atom stereocenters. The average molecular weight is 343 g/mol. The van der Waals surface area contributed by atoms with Crippen LogP contribution in [0, 0.1) is 5.92 Å². The highest BCUT2D eigenvalue weighted by Gasteiger charge is 2.26. The number of rotatable bonds is 5. The van der Waals surface area contributed by atoms with Crippen molar-refractivity contribution in [2.45, 2.75) is 19.4 Å². The summed E-state index contributed by atoms with van der Waals surface area (Å²) in [7, 11) is 0. The van der Waals surface area contributed by atoms with Crippen LogP contribution in [0.15, 0.2) is 47.8 Å². The highest BCUT2D eigenvalue weighted by molar-refractivity contribution is 7.09. The summed E-state index contributed by atoms with van der Waals surface area (Å²) in [6, 6.07) is 13.1. The lowest BCUT2D eigenvalue weighted by molar-refractivity contribution is -0.127. The van der Waals surface area contributed by atoms with Gasteiger partial charge in [-0.05, 0) is 36.4 Å². The summed E-state index contributed by atoms with van der Waals surface area (Å²) < 4.78 is 0. The molecule has 126 valence electrons. The second-order valence-corrected chi connectivity index (χ2v) is 6.92. The van der Waals surface area contributed by atoms with Crippen molar-refractivity contribution in [2.75, 3.05) is 13.1 Å². The molecule has 1 fully saturated rings. The zero-order valence-corrected chi connectivity index (χ0v) is 14.2. The molecule has 1 aromatic carbocycles. The van der Waals surface area contributed by atoms with Crippen molar-refractivity contribution in [2.24, 2.45) is 5.92 Å². The molecule has 0 radical (unpaired) electrons. The Bertz CT molecular complexity index is 673. The molecular weight excluding hydrogens is 322 g/mol. The highest BCUT2D eigenvalue weighted by Crippen LogP contribution is 2.16. The Balaban J connectivity index is 1.50. The molecule has 2 N–H and O–H groups in total. The van der Waals surface area contributed by atoms with Gasteiger partial charge in [0.05, 0.1) is 12.5 Å². The van der Waals surface area contributed by atoms with Gasteiger partial charge in [-0.15, -0.1) is 11.3 Å². The zero-order chi connectivity index (χ0) is 16.8. The van der Waals surface area contributed by atoms with E-state index in [0.29, 0.717) is 18.7 Å². The standard InChI is InChI=1S/C18H21N3O2S/c22-17(19-12-16-9-5-11-24-16)15-8-4-10-21(13-15)20-18(23)14-6-2-1-3-7-14/h1-3,5-7,9,11,15H,4,8,10,12-13H2,(H,19,22)(H,20,23). The van der Waals surface area contributed by atoms with Gasteiger partial charge in [0.15, 0.2) is 0 Å². The lowest BCUT2D eigenvalue weighted by Crippen LogP contribution is -2.50. The van der Waals surface area contributed by atoms with Crippen LogP contribution in [0.4, 0.5) is 0 Å². The summed E-state index contributed by atoms with van der Waals surface area (Å²) in [5.74, 6) is -0.160. The van der Waals surface area contributed by atoms with Crippen molar-refractivity contribution in [1.29, 1.82) is 0 Å². The molecule has 1 saturated heterocycles. The van der Waals surface area contributed by atoms with Crippen molar-refractivity contribution >= 4 is 23.2 Å². The van der Waals surface area contributed by atoms with Crippen LogP contribution in [0.1, 0.15) is 28.1 Å². The summed E-state index contributed by atoms with van der Waals surface area (Å²) in [5.41, 5.74) is 3.53. The summed E-state index contributed by atoms with van der Waals surface area (Å²) in [4.78, 5) is 25.7. The minimum atomic E-state index is -0.129. The van der Waals surface area contributed by atoms with E-state index in [9.17, 15) is 9.59 Å². The second-order valence-electron chi connectivity index (χ2n) is 5.89. The van der Waals surface area contributed by atoms with Gasteiger partial charge in [-0.1, -0.05) is 24.3 Å². The first kappa shape index (κ1) is 16.7. The molecule has 0 saturated carbocycles.